The van der Waals surface area contributed by atoms with Crippen LogP contribution in [-0.2, 0) is 46.9 Å². The predicted molar refractivity (Wildman–Crippen MR) is 212 cm³/mol. The van der Waals surface area contributed by atoms with E-state index in [1.807, 2.05) is 0 Å². The standard InChI is InChI=1S/C39H27ClF9N11O4S/c1-58-31-25(6-4-21(40)29(31)35(56-58)57-65(2,63)64)60-36(54-34-18(37(60)62)3-5-22(53-34)24-12-50-13-26(51-24)39(47,48)49)23(9-15-7-16(41)10-17(42)8-15)52-27(61)14-59-32-28(30(55-59)33(43)44)19-11-20(19)38(32,45)46/h3-8,10,12-13,19-20,23,33H,9,11,14H2,1-2H3,(H,52,61)(H,56,57)/t19-,20+,23-/m0/s1. The van der Waals surface area contributed by atoms with Crippen molar-refractivity contribution in [3.8, 4) is 17.1 Å². The van der Waals surface area contributed by atoms with Crippen molar-refractivity contribution in [2.24, 2.45) is 13.0 Å². The van der Waals surface area contributed by atoms with Gasteiger partial charge in [0, 0.05) is 31.0 Å². The number of pyridine rings is 1. The molecule has 15 nitrogen and oxygen atoms in total. The van der Waals surface area contributed by atoms with Crippen molar-refractivity contribution in [3.05, 3.63) is 116 Å². The van der Waals surface area contributed by atoms with Crippen LogP contribution in [0.15, 0.2) is 59.7 Å². The maximum absolute atomic E-state index is 15.5. The number of rotatable bonds is 11. The lowest BCUT2D eigenvalue weighted by Gasteiger charge is -2.24. The quantitative estimate of drug-likeness (QED) is 0.130. The van der Waals surface area contributed by atoms with Gasteiger partial charge in [-0.2, -0.15) is 32.1 Å². The van der Waals surface area contributed by atoms with Crippen LogP contribution in [0.2, 0.25) is 5.02 Å². The number of alkyl halides is 7. The summed E-state index contributed by atoms with van der Waals surface area (Å²) in [4.78, 5) is 45.1. The monoisotopic (exact) mass is 951 g/mol. The first-order valence-electron chi connectivity index (χ1n) is 19.0. The van der Waals surface area contributed by atoms with Crippen LogP contribution in [0.5, 0.6) is 0 Å². The molecule has 5 aromatic heterocycles. The normalized spacial score (nSPS) is 17.1. The molecule has 0 spiro atoms. The molecule has 1 saturated carbocycles. The van der Waals surface area contributed by atoms with E-state index in [9.17, 15) is 48.7 Å². The number of carbonyl (C=O) groups excluding carboxylic acids is 1. The van der Waals surface area contributed by atoms with E-state index in [-0.39, 0.29) is 56.1 Å². The van der Waals surface area contributed by atoms with Crippen molar-refractivity contribution in [1.82, 2.24) is 49.4 Å². The van der Waals surface area contributed by atoms with Crippen molar-refractivity contribution >= 4 is 55.3 Å². The minimum absolute atomic E-state index is 0.0220. The predicted octanol–water partition coefficient (Wildman–Crippen LogP) is 6.89. The lowest BCUT2D eigenvalue weighted by molar-refractivity contribution is -0.141. The average molecular weight is 952 g/mol. The molecule has 5 heterocycles. The maximum atomic E-state index is 15.5. The first-order valence-corrected chi connectivity index (χ1v) is 21.2. The van der Waals surface area contributed by atoms with Gasteiger partial charge in [-0.25, -0.2) is 40.9 Å². The van der Waals surface area contributed by atoms with Crippen LogP contribution < -0.4 is 15.6 Å². The number of fused-ring (bicyclic) bond motifs is 5. The number of halogens is 10. The summed E-state index contributed by atoms with van der Waals surface area (Å²) in [6.45, 7) is -1.10. The van der Waals surface area contributed by atoms with Gasteiger partial charge in [-0.05, 0) is 54.3 Å². The van der Waals surface area contributed by atoms with Crippen LogP contribution in [-0.4, -0.2) is 64.6 Å². The second-order valence-corrected chi connectivity index (χ2v) is 17.5. The Bertz CT molecular complexity index is 3300. The van der Waals surface area contributed by atoms with Gasteiger partial charge >= 0.3 is 6.18 Å². The van der Waals surface area contributed by atoms with Crippen LogP contribution in [0.3, 0.4) is 0 Å². The summed E-state index contributed by atoms with van der Waals surface area (Å²) in [6, 6.07) is 5.44. The van der Waals surface area contributed by atoms with Crippen molar-refractivity contribution in [3.63, 3.8) is 0 Å². The first-order chi connectivity index (χ1) is 30.5. The maximum Gasteiger partial charge on any atom is 0.434 e. The van der Waals surface area contributed by atoms with Gasteiger partial charge in [0.2, 0.25) is 15.9 Å². The molecular formula is C39H27ClF9N11O4S. The third-order valence-electron chi connectivity index (χ3n) is 10.9. The lowest BCUT2D eigenvalue weighted by atomic mass is 10.0. The molecule has 0 saturated heterocycles. The second kappa shape index (κ2) is 15.2. The van der Waals surface area contributed by atoms with Gasteiger partial charge in [0.05, 0.1) is 57.4 Å². The highest BCUT2D eigenvalue weighted by Gasteiger charge is 2.67. The number of nitrogens with zero attached hydrogens (tertiary/aromatic N) is 9. The minimum atomic E-state index is -4.92. The van der Waals surface area contributed by atoms with Gasteiger partial charge in [0.15, 0.2) is 17.2 Å². The van der Waals surface area contributed by atoms with Crippen LogP contribution >= 0.6 is 11.6 Å². The zero-order chi connectivity index (χ0) is 46.7. The second-order valence-electron chi connectivity index (χ2n) is 15.4. The Hall–Kier alpha value is -6.63. The molecule has 2 aromatic carbocycles. The minimum Gasteiger partial charge on any atom is -0.344 e. The molecule has 2 N–H and O–H groups in total. The molecule has 2 aliphatic carbocycles. The number of benzene rings is 2. The molecular weight excluding hydrogens is 925 g/mol. The van der Waals surface area contributed by atoms with Crippen LogP contribution in [0.4, 0.5) is 45.3 Å². The van der Waals surface area contributed by atoms with Gasteiger partial charge < -0.3 is 5.32 Å². The first kappa shape index (κ1) is 43.6. The molecule has 0 radical (unpaired) electrons. The Morgan fingerprint density at radius 1 is 1.00 bits per heavy atom. The lowest BCUT2D eigenvalue weighted by Crippen LogP contribution is -2.38. The van der Waals surface area contributed by atoms with E-state index in [1.54, 1.807) is 0 Å². The van der Waals surface area contributed by atoms with E-state index in [1.165, 1.54) is 19.2 Å². The molecule has 1 fully saturated rings. The molecule has 9 rings (SSSR count). The Morgan fingerprint density at radius 2 is 1.72 bits per heavy atom. The van der Waals surface area contributed by atoms with E-state index in [0.717, 1.165) is 46.0 Å². The smallest absolute Gasteiger partial charge is 0.344 e. The fourth-order valence-electron chi connectivity index (χ4n) is 8.23. The molecule has 0 unspecified atom stereocenters. The number of aryl methyl sites for hydroxylation is 1. The fraction of sp³-hybridized carbons (Fsp3) is 0.282. The van der Waals surface area contributed by atoms with E-state index < -0.39 is 117 Å². The van der Waals surface area contributed by atoms with Gasteiger partial charge in [-0.15, -0.1) is 0 Å². The zero-order valence-corrected chi connectivity index (χ0v) is 34.5. The number of carbonyl (C=O) groups is 1. The molecule has 2 aliphatic rings. The average Bonchev–Trinajstić information content (AvgIpc) is 3.75. The van der Waals surface area contributed by atoms with E-state index in [4.69, 9.17) is 11.6 Å². The third kappa shape index (κ3) is 7.78. The topological polar surface area (TPSA) is 184 Å². The molecule has 1 amide bonds. The van der Waals surface area contributed by atoms with Crippen LogP contribution in [0.25, 0.3) is 39.0 Å². The Kier molecular flexibility index (Phi) is 10.2. The number of aromatic nitrogens is 9. The Morgan fingerprint density at radius 3 is 2.40 bits per heavy atom. The van der Waals surface area contributed by atoms with Crippen LogP contribution in [0.1, 0.15) is 58.8 Å². The summed E-state index contributed by atoms with van der Waals surface area (Å²) < 4.78 is 159. The van der Waals surface area contributed by atoms with Gasteiger partial charge in [-0.1, -0.05) is 11.6 Å². The highest BCUT2D eigenvalue weighted by atomic mass is 35.5. The van der Waals surface area contributed by atoms with Gasteiger partial charge in [0.25, 0.3) is 17.9 Å². The molecule has 65 heavy (non-hydrogen) atoms. The number of hydrogen-bond donors (Lipinski definition) is 2. The summed E-state index contributed by atoms with van der Waals surface area (Å²) in [5.74, 6) is -9.91. The number of amides is 1. The van der Waals surface area contributed by atoms with E-state index in [2.05, 4.69) is 40.2 Å². The molecule has 26 heteroatoms. The van der Waals surface area contributed by atoms with Crippen LogP contribution in [0, 0.1) is 17.6 Å². The molecule has 7 aromatic rings. The summed E-state index contributed by atoms with van der Waals surface area (Å²) in [6.07, 6.45) is -6.61. The number of nitrogens with one attached hydrogen (secondary N) is 2. The largest absolute Gasteiger partial charge is 0.434 e. The number of hydrogen-bond acceptors (Lipinski definition) is 10. The summed E-state index contributed by atoms with van der Waals surface area (Å²) in [5.41, 5.74) is -5.99. The summed E-state index contributed by atoms with van der Waals surface area (Å²) >= 11 is 6.57. The third-order valence-corrected chi connectivity index (χ3v) is 11.7. The van der Waals surface area contributed by atoms with Gasteiger partial charge in [-0.3, -0.25) is 33.2 Å². The molecule has 338 valence electrons. The van der Waals surface area contributed by atoms with E-state index in [0.29, 0.717) is 16.9 Å². The molecule has 3 atom stereocenters. The van der Waals surface area contributed by atoms with E-state index >= 15 is 8.78 Å². The Balaban J connectivity index is 1.26. The van der Waals surface area contributed by atoms with Crippen molar-refractivity contribution in [1.29, 1.82) is 0 Å². The number of sulfonamides is 1. The SMILES string of the molecule is Cn1nc(NS(C)(=O)=O)c2c(Cl)ccc(-n3c([C@H](Cc4cc(F)cc(F)c4)NC(=O)Cn4nc(C(F)F)c5c4C(F)(F)[C@@H]4C[C@H]54)nc4nc(-c5cncc(C(F)(F)F)n5)ccc4c3=O)c21. The highest BCUT2D eigenvalue weighted by molar-refractivity contribution is 7.92. The van der Waals surface area contributed by atoms with Crippen molar-refractivity contribution in [2.45, 2.75) is 49.9 Å². The summed E-state index contributed by atoms with van der Waals surface area (Å²) in [5, 5.41) is 10.0. The summed E-state index contributed by atoms with van der Waals surface area (Å²) in [7, 11) is -2.63. The Labute approximate surface area is 363 Å². The fourth-order valence-corrected chi connectivity index (χ4v) is 8.97. The van der Waals surface area contributed by atoms with Crippen molar-refractivity contribution < 1.29 is 52.7 Å². The van der Waals surface area contributed by atoms with Crippen molar-refractivity contribution in [2.75, 3.05) is 11.0 Å². The van der Waals surface area contributed by atoms with Gasteiger partial charge in [0.1, 0.15) is 41.1 Å². The molecule has 0 bridgehead atoms. The highest BCUT2D eigenvalue weighted by Crippen LogP contribution is 2.68. The zero-order valence-electron chi connectivity index (χ0n) is 33.0. The number of anilines is 1. The molecule has 0 aliphatic heterocycles.